The standard InChI is InChI=1S/C60H117NO5/c1-3-5-7-9-11-13-33-38-42-46-50-54-60(65)66-55-51-47-43-39-35-32-30-28-26-24-22-20-18-16-15-17-19-21-23-25-27-29-31-34-37-41-45-49-53-59(64)61-57(56-62)58(63)52-48-44-40-36-14-12-10-8-6-4-2/h15-16,57-58,62-63H,3-14,17-56H2,1-2H3,(H,61,64)/b16-15-. The van der Waals surface area contributed by atoms with E-state index < -0.39 is 12.1 Å². The van der Waals surface area contributed by atoms with Gasteiger partial charge >= 0.3 is 5.97 Å². The van der Waals surface area contributed by atoms with Crippen molar-refractivity contribution in [3.8, 4) is 0 Å². The molecule has 66 heavy (non-hydrogen) atoms. The van der Waals surface area contributed by atoms with E-state index in [0.29, 0.717) is 25.9 Å². The Hall–Kier alpha value is -1.40. The Morgan fingerprint density at radius 3 is 1.08 bits per heavy atom. The topological polar surface area (TPSA) is 95.9 Å². The lowest BCUT2D eigenvalue weighted by Crippen LogP contribution is -2.45. The molecule has 0 bridgehead atoms. The Labute approximate surface area is 412 Å². The molecule has 0 fully saturated rings. The van der Waals surface area contributed by atoms with Crippen molar-refractivity contribution < 1.29 is 24.5 Å². The molecular formula is C60H117NO5. The molecule has 2 unspecified atom stereocenters. The van der Waals surface area contributed by atoms with Crippen molar-refractivity contribution in [1.82, 2.24) is 5.32 Å². The van der Waals surface area contributed by atoms with Gasteiger partial charge in [0.15, 0.2) is 0 Å². The number of unbranched alkanes of at least 4 members (excludes halogenated alkanes) is 43. The highest BCUT2D eigenvalue weighted by Crippen LogP contribution is 2.17. The van der Waals surface area contributed by atoms with Crippen LogP contribution in [-0.2, 0) is 14.3 Å². The van der Waals surface area contributed by atoms with Crippen molar-refractivity contribution in [2.75, 3.05) is 13.2 Å². The third-order valence-electron chi connectivity index (χ3n) is 14.1. The molecular weight excluding hydrogens is 815 g/mol. The number of carbonyl (C=O) groups is 2. The molecule has 6 heteroatoms. The van der Waals surface area contributed by atoms with Crippen molar-refractivity contribution in [2.45, 2.75) is 347 Å². The van der Waals surface area contributed by atoms with E-state index in [1.165, 1.54) is 263 Å². The first-order valence-corrected chi connectivity index (χ1v) is 29.9. The fourth-order valence-electron chi connectivity index (χ4n) is 9.46. The van der Waals surface area contributed by atoms with Crippen LogP contribution in [0.25, 0.3) is 0 Å². The van der Waals surface area contributed by atoms with Gasteiger partial charge in [0.2, 0.25) is 5.91 Å². The maximum Gasteiger partial charge on any atom is 0.305 e. The van der Waals surface area contributed by atoms with Gasteiger partial charge in [0.25, 0.3) is 0 Å². The monoisotopic (exact) mass is 932 g/mol. The number of aliphatic hydroxyl groups excluding tert-OH is 2. The van der Waals surface area contributed by atoms with E-state index >= 15 is 0 Å². The molecule has 1 amide bonds. The summed E-state index contributed by atoms with van der Waals surface area (Å²) in [5.41, 5.74) is 0. The predicted molar refractivity (Wildman–Crippen MR) is 287 cm³/mol. The maximum atomic E-state index is 12.4. The van der Waals surface area contributed by atoms with Crippen LogP contribution >= 0.6 is 0 Å². The summed E-state index contributed by atoms with van der Waals surface area (Å²) in [5.74, 6) is -0.0195. The van der Waals surface area contributed by atoms with Gasteiger partial charge in [-0.05, 0) is 51.4 Å². The van der Waals surface area contributed by atoms with E-state index in [-0.39, 0.29) is 18.5 Å². The second-order valence-electron chi connectivity index (χ2n) is 20.7. The number of amides is 1. The number of hydrogen-bond donors (Lipinski definition) is 3. The molecule has 2 atom stereocenters. The summed E-state index contributed by atoms with van der Waals surface area (Å²) < 4.78 is 5.47. The van der Waals surface area contributed by atoms with Crippen LogP contribution in [0.1, 0.15) is 335 Å². The van der Waals surface area contributed by atoms with E-state index in [1.807, 2.05) is 0 Å². The first-order chi connectivity index (χ1) is 32.5. The van der Waals surface area contributed by atoms with Gasteiger partial charge in [-0.1, -0.05) is 283 Å². The fourth-order valence-corrected chi connectivity index (χ4v) is 9.46. The highest BCUT2D eigenvalue weighted by molar-refractivity contribution is 5.76. The van der Waals surface area contributed by atoms with Gasteiger partial charge in [-0.3, -0.25) is 9.59 Å². The number of nitrogens with one attached hydrogen (secondary N) is 1. The third-order valence-corrected chi connectivity index (χ3v) is 14.1. The van der Waals surface area contributed by atoms with E-state index in [4.69, 9.17) is 4.74 Å². The molecule has 0 spiro atoms. The van der Waals surface area contributed by atoms with Crippen molar-refractivity contribution in [3.63, 3.8) is 0 Å². The molecule has 6 nitrogen and oxygen atoms in total. The van der Waals surface area contributed by atoms with Crippen LogP contribution in [0.3, 0.4) is 0 Å². The lowest BCUT2D eigenvalue weighted by atomic mass is 10.0. The number of rotatable bonds is 56. The Morgan fingerprint density at radius 2 is 0.712 bits per heavy atom. The molecule has 3 N–H and O–H groups in total. The van der Waals surface area contributed by atoms with Crippen molar-refractivity contribution >= 4 is 11.9 Å². The molecule has 0 aliphatic carbocycles. The normalized spacial score (nSPS) is 12.6. The van der Waals surface area contributed by atoms with Crippen LogP contribution < -0.4 is 5.32 Å². The molecule has 0 aliphatic heterocycles. The molecule has 0 saturated heterocycles. The van der Waals surface area contributed by atoms with Gasteiger partial charge in [0.1, 0.15) is 0 Å². The number of aliphatic hydroxyl groups is 2. The minimum Gasteiger partial charge on any atom is -0.466 e. The minimum absolute atomic E-state index is 0.0158. The Morgan fingerprint density at radius 1 is 0.409 bits per heavy atom. The van der Waals surface area contributed by atoms with E-state index in [2.05, 4.69) is 31.3 Å². The minimum atomic E-state index is -0.661. The Balaban J connectivity index is 3.35. The summed E-state index contributed by atoms with van der Waals surface area (Å²) in [4.78, 5) is 24.4. The lowest BCUT2D eigenvalue weighted by Gasteiger charge is -2.22. The molecule has 392 valence electrons. The summed E-state index contributed by atoms with van der Waals surface area (Å²) in [6.45, 7) is 4.95. The van der Waals surface area contributed by atoms with Gasteiger partial charge in [-0.15, -0.1) is 0 Å². The third kappa shape index (κ3) is 52.0. The van der Waals surface area contributed by atoms with Crippen molar-refractivity contribution in [3.05, 3.63) is 12.2 Å². The molecule has 0 aromatic rings. The highest BCUT2D eigenvalue weighted by Gasteiger charge is 2.20. The maximum absolute atomic E-state index is 12.4. The molecule has 0 aromatic carbocycles. The SMILES string of the molecule is CCCCCCCCCCCCCC(=O)OCCCCCCCCCCCCCC/C=C\CCCCCCCCCCCCCCC(=O)NC(CO)C(O)CCCCCCCCCCCC. The summed E-state index contributed by atoms with van der Waals surface area (Å²) in [7, 11) is 0. The zero-order chi connectivity index (χ0) is 47.9. The van der Waals surface area contributed by atoms with Gasteiger partial charge in [-0.25, -0.2) is 0 Å². The summed E-state index contributed by atoms with van der Waals surface area (Å²) in [5, 5.41) is 23.1. The predicted octanol–water partition coefficient (Wildman–Crippen LogP) is 18.5. The van der Waals surface area contributed by atoms with Crippen LogP contribution in [0.15, 0.2) is 12.2 Å². The number of carbonyl (C=O) groups excluding carboxylic acids is 2. The average Bonchev–Trinajstić information content (AvgIpc) is 3.32. The summed E-state index contributed by atoms with van der Waals surface area (Å²) >= 11 is 0. The van der Waals surface area contributed by atoms with Crippen LogP contribution in [0, 0.1) is 0 Å². The van der Waals surface area contributed by atoms with Gasteiger partial charge < -0.3 is 20.3 Å². The zero-order valence-corrected chi connectivity index (χ0v) is 44.7. The number of ether oxygens (including phenoxy) is 1. The molecule has 0 saturated carbocycles. The molecule has 0 heterocycles. The van der Waals surface area contributed by atoms with Crippen LogP contribution in [-0.4, -0.2) is 47.4 Å². The van der Waals surface area contributed by atoms with Gasteiger partial charge in [0, 0.05) is 12.8 Å². The van der Waals surface area contributed by atoms with Crippen LogP contribution in [0.4, 0.5) is 0 Å². The van der Waals surface area contributed by atoms with E-state index in [0.717, 1.165) is 38.5 Å². The first kappa shape index (κ1) is 64.6. The Bertz CT molecular complexity index is 986. The number of allylic oxidation sites excluding steroid dienone is 2. The molecule has 0 radical (unpaired) electrons. The second kappa shape index (κ2) is 56.2. The average molecular weight is 933 g/mol. The van der Waals surface area contributed by atoms with Crippen molar-refractivity contribution in [2.24, 2.45) is 0 Å². The largest absolute Gasteiger partial charge is 0.466 e. The quantitative estimate of drug-likeness (QED) is 0.0321. The van der Waals surface area contributed by atoms with E-state index in [1.54, 1.807) is 0 Å². The Kier molecular flexibility index (Phi) is 55.0. The van der Waals surface area contributed by atoms with Crippen molar-refractivity contribution in [1.29, 1.82) is 0 Å². The summed E-state index contributed by atoms with van der Waals surface area (Å²) in [6, 6.07) is -0.538. The second-order valence-corrected chi connectivity index (χ2v) is 20.7. The van der Waals surface area contributed by atoms with Gasteiger partial charge in [-0.2, -0.15) is 0 Å². The first-order valence-electron chi connectivity index (χ1n) is 29.9. The molecule has 0 aliphatic rings. The van der Waals surface area contributed by atoms with Crippen LogP contribution in [0.2, 0.25) is 0 Å². The summed E-state index contributed by atoms with van der Waals surface area (Å²) in [6.07, 6.45) is 66.6. The zero-order valence-electron chi connectivity index (χ0n) is 44.7. The highest BCUT2D eigenvalue weighted by atomic mass is 16.5. The molecule has 0 rings (SSSR count). The smallest absolute Gasteiger partial charge is 0.305 e. The van der Waals surface area contributed by atoms with E-state index in [9.17, 15) is 19.8 Å². The van der Waals surface area contributed by atoms with Crippen LogP contribution in [0.5, 0.6) is 0 Å². The number of hydrogen-bond acceptors (Lipinski definition) is 5. The van der Waals surface area contributed by atoms with Gasteiger partial charge in [0.05, 0.1) is 25.4 Å². The fraction of sp³-hybridized carbons (Fsp3) is 0.933. The molecule has 0 aromatic heterocycles. The lowest BCUT2D eigenvalue weighted by molar-refractivity contribution is -0.143. The number of esters is 1.